The first-order valence-corrected chi connectivity index (χ1v) is 7.20. The minimum Gasteiger partial charge on any atom is -0.458 e. The highest BCUT2D eigenvalue weighted by Gasteiger charge is 2.12. The van der Waals surface area contributed by atoms with Crippen LogP contribution in [0, 0.1) is 0 Å². The molecule has 102 valence electrons. The van der Waals surface area contributed by atoms with E-state index in [1.54, 1.807) is 12.1 Å². The van der Waals surface area contributed by atoms with Crippen LogP contribution in [0.25, 0.3) is 0 Å². The second-order valence-corrected chi connectivity index (χ2v) is 5.49. The van der Waals surface area contributed by atoms with Crippen molar-refractivity contribution < 1.29 is 9.53 Å². The Morgan fingerprint density at radius 1 is 1.20 bits per heavy atom. The van der Waals surface area contributed by atoms with Gasteiger partial charge < -0.3 is 4.74 Å². The molecule has 2 aromatic rings. The molecule has 0 fully saturated rings. The molecular formula is C16H13ClO2S. The number of carbonyl (C=O) groups is 1. The van der Waals surface area contributed by atoms with Crippen LogP contribution in [0.5, 0.6) is 0 Å². The van der Waals surface area contributed by atoms with Crippen molar-refractivity contribution in [3.8, 4) is 0 Å². The van der Waals surface area contributed by atoms with Gasteiger partial charge in [0, 0.05) is 14.8 Å². The summed E-state index contributed by atoms with van der Waals surface area (Å²) in [5, 5.41) is 0.688. The van der Waals surface area contributed by atoms with Gasteiger partial charge in [-0.05, 0) is 36.4 Å². The number of halogens is 1. The molecule has 0 N–H and O–H groups in total. The van der Waals surface area contributed by atoms with Gasteiger partial charge in [-0.25, -0.2) is 4.79 Å². The number of hydrogen-bond acceptors (Lipinski definition) is 3. The van der Waals surface area contributed by atoms with E-state index in [9.17, 15) is 4.79 Å². The molecular weight excluding hydrogens is 292 g/mol. The molecule has 0 heterocycles. The molecule has 2 aromatic carbocycles. The zero-order chi connectivity index (χ0) is 14.4. The second kappa shape index (κ2) is 7.17. The normalized spacial score (nSPS) is 10.1. The lowest BCUT2D eigenvalue weighted by atomic mass is 10.2. The van der Waals surface area contributed by atoms with E-state index in [1.165, 1.54) is 11.8 Å². The topological polar surface area (TPSA) is 26.3 Å². The summed E-state index contributed by atoms with van der Waals surface area (Å²) >= 11 is 7.36. The quantitative estimate of drug-likeness (QED) is 0.584. The lowest BCUT2D eigenvalue weighted by Crippen LogP contribution is -2.06. The lowest BCUT2D eigenvalue weighted by Gasteiger charge is -2.08. The molecule has 0 aliphatic carbocycles. The van der Waals surface area contributed by atoms with Gasteiger partial charge in [-0.15, -0.1) is 0 Å². The summed E-state index contributed by atoms with van der Waals surface area (Å²) in [6.45, 7) is 3.74. The Kier molecular flexibility index (Phi) is 5.27. The summed E-state index contributed by atoms with van der Waals surface area (Å²) in [6, 6.07) is 14.8. The smallest absolute Gasteiger partial charge is 0.339 e. The summed E-state index contributed by atoms with van der Waals surface area (Å²) < 4.78 is 5.08. The molecule has 2 nitrogen and oxygen atoms in total. The van der Waals surface area contributed by atoms with Crippen LogP contribution in [-0.2, 0) is 4.74 Å². The number of esters is 1. The van der Waals surface area contributed by atoms with Crippen LogP contribution >= 0.6 is 23.4 Å². The van der Waals surface area contributed by atoms with Gasteiger partial charge in [0.1, 0.15) is 6.61 Å². The van der Waals surface area contributed by atoms with Crippen molar-refractivity contribution in [1.82, 2.24) is 0 Å². The first-order chi connectivity index (χ1) is 9.70. The number of carbonyl (C=O) groups excluding carboxylic acids is 1. The van der Waals surface area contributed by atoms with E-state index in [1.807, 2.05) is 42.5 Å². The minimum absolute atomic E-state index is 0.207. The predicted molar refractivity (Wildman–Crippen MR) is 82.5 cm³/mol. The Hall–Kier alpha value is -1.71. The SMILES string of the molecule is C=CCOC(=O)c1ccccc1Sc1ccc(Cl)cc1. The third kappa shape index (κ3) is 3.89. The molecule has 0 amide bonds. The average molecular weight is 305 g/mol. The summed E-state index contributed by atoms with van der Waals surface area (Å²) in [5.41, 5.74) is 0.550. The van der Waals surface area contributed by atoms with Crippen LogP contribution in [0.2, 0.25) is 5.02 Å². The van der Waals surface area contributed by atoms with Crippen molar-refractivity contribution >= 4 is 29.3 Å². The molecule has 0 unspecified atom stereocenters. The molecule has 0 aliphatic heterocycles. The number of ether oxygens (including phenoxy) is 1. The first-order valence-electron chi connectivity index (χ1n) is 6.01. The van der Waals surface area contributed by atoms with E-state index in [-0.39, 0.29) is 12.6 Å². The Morgan fingerprint density at radius 2 is 1.90 bits per heavy atom. The summed E-state index contributed by atoms with van der Waals surface area (Å²) in [7, 11) is 0. The van der Waals surface area contributed by atoms with Crippen LogP contribution in [0.3, 0.4) is 0 Å². The molecule has 2 rings (SSSR count). The van der Waals surface area contributed by atoms with Crippen molar-refractivity contribution in [3.63, 3.8) is 0 Å². The Morgan fingerprint density at radius 3 is 2.60 bits per heavy atom. The molecule has 0 atom stereocenters. The van der Waals surface area contributed by atoms with Crippen LogP contribution in [0.15, 0.2) is 71.0 Å². The van der Waals surface area contributed by atoms with Crippen LogP contribution in [-0.4, -0.2) is 12.6 Å². The zero-order valence-corrected chi connectivity index (χ0v) is 12.3. The molecule has 0 spiro atoms. The number of hydrogen-bond donors (Lipinski definition) is 0. The third-order valence-electron chi connectivity index (χ3n) is 2.48. The van der Waals surface area contributed by atoms with Gasteiger partial charge in [-0.3, -0.25) is 0 Å². The summed E-state index contributed by atoms with van der Waals surface area (Å²) in [4.78, 5) is 13.8. The molecule has 0 radical (unpaired) electrons. The van der Waals surface area contributed by atoms with Crippen LogP contribution in [0.4, 0.5) is 0 Å². The highest BCUT2D eigenvalue weighted by molar-refractivity contribution is 7.99. The van der Waals surface area contributed by atoms with E-state index in [4.69, 9.17) is 16.3 Å². The highest BCUT2D eigenvalue weighted by Crippen LogP contribution is 2.31. The summed E-state index contributed by atoms with van der Waals surface area (Å²) in [6.07, 6.45) is 1.55. The van der Waals surface area contributed by atoms with E-state index < -0.39 is 0 Å². The molecule has 20 heavy (non-hydrogen) atoms. The van der Waals surface area contributed by atoms with Gasteiger partial charge in [-0.1, -0.05) is 48.2 Å². The van der Waals surface area contributed by atoms with Crippen LogP contribution in [0.1, 0.15) is 10.4 Å². The number of rotatable bonds is 5. The van der Waals surface area contributed by atoms with Crippen molar-refractivity contribution in [3.05, 3.63) is 71.8 Å². The van der Waals surface area contributed by atoms with Crippen molar-refractivity contribution in [2.24, 2.45) is 0 Å². The fraction of sp³-hybridized carbons (Fsp3) is 0.0625. The van der Waals surface area contributed by atoms with Gasteiger partial charge in [0.25, 0.3) is 0 Å². The van der Waals surface area contributed by atoms with E-state index in [0.717, 1.165) is 9.79 Å². The van der Waals surface area contributed by atoms with E-state index >= 15 is 0 Å². The average Bonchev–Trinajstić information content (AvgIpc) is 2.48. The van der Waals surface area contributed by atoms with Gasteiger partial charge in [-0.2, -0.15) is 0 Å². The van der Waals surface area contributed by atoms with Crippen LogP contribution < -0.4 is 0 Å². The molecule has 0 bridgehead atoms. The Bertz CT molecular complexity index is 608. The Balaban J connectivity index is 2.21. The number of benzene rings is 2. The maximum atomic E-state index is 12.0. The molecule has 0 aliphatic rings. The van der Waals surface area contributed by atoms with Gasteiger partial charge in [0.05, 0.1) is 5.56 Å². The lowest BCUT2D eigenvalue weighted by molar-refractivity contribution is 0.0545. The fourth-order valence-corrected chi connectivity index (χ4v) is 2.63. The van der Waals surface area contributed by atoms with Gasteiger partial charge >= 0.3 is 5.97 Å². The largest absolute Gasteiger partial charge is 0.458 e. The second-order valence-electron chi connectivity index (χ2n) is 3.94. The van der Waals surface area contributed by atoms with Crippen molar-refractivity contribution in [2.45, 2.75) is 9.79 Å². The van der Waals surface area contributed by atoms with Gasteiger partial charge in [0.2, 0.25) is 0 Å². The molecule has 0 saturated heterocycles. The maximum Gasteiger partial charge on any atom is 0.339 e. The Labute approximate surface area is 127 Å². The molecule has 4 heteroatoms. The minimum atomic E-state index is -0.345. The monoisotopic (exact) mass is 304 g/mol. The van der Waals surface area contributed by atoms with Crippen molar-refractivity contribution in [2.75, 3.05) is 6.61 Å². The highest BCUT2D eigenvalue weighted by atomic mass is 35.5. The third-order valence-corrected chi connectivity index (χ3v) is 3.82. The van der Waals surface area contributed by atoms with E-state index in [0.29, 0.717) is 10.6 Å². The predicted octanol–water partition coefficient (Wildman–Crippen LogP) is 4.83. The molecule has 0 aromatic heterocycles. The first kappa shape index (κ1) is 14.7. The summed E-state index contributed by atoms with van der Waals surface area (Å²) in [5.74, 6) is -0.345. The zero-order valence-electron chi connectivity index (χ0n) is 10.7. The standard InChI is InChI=1S/C16H13ClO2S/c1-2-11-19-16(18)14-5-3-4-6-15(14)20-13-9-7-12(17)8-10-13/h2-10H,1,11H2. The van der Waals surface area contributed by atoms with Crippen molar-refractivity contribution in [1.29, 1.82) is 0 Å². The maximum absolute atomic E-state index is 12.0. The van der Waals surface area contributed by atoms with E-state index in [2.05, 4.69) is 6.58 Å². The fourth-order valence-electron chi connectivity index (χ4n) is 1.57. The van der Waals surface area contributed by atoms with Gasteiger partial charge in [0.15, 0.2) is 0 Å². The molecule has 0 saturated carbocycles.